The lowest BCUT2D eigenvalue weighted by molar-refractivity contribution is -0.133. The highest BCUT2D eigenvalue weighted by Crippen LogP contribution is 2.39. The summed E-state index contributed by atoms with van der Waals surface area (Å²) in [4.78, 5) is 29.5. The summed E-state index contributed by atoms with van der Waals surface area (Å²) in [6, 6.07) is 9.39. The molecule has 0 saturated carbocycles. The molecule has 1 fully saturated rings. The second kappa shape index (κ2) is 11.5. The van der Waals surface area contributed by atoms with Crippen molar-refractivity contribution < 1.29 is 14.3 Å². The van der Waals surface area contributed by atoms with Crippen molar-refractivity contribution >= 4 is 11.8 Å². The summed E-state index contributed by atoms with van der Waals surface area (Å²) in [5.74, 6) is 2.39. The predicted octanol–water partition coefficient (Wildman–Crippen LogP) is 3.20. The Hall–Kier alpha value is -2.34. The normalized spacial score (nSPS) is 24.2. The number of piperazine rings is 1. The van der Waals surface area contributed by atoms with E-state index in [4.69, 9.17) is 4.74 Å². The van der Waals surface area contributed by atoms with Gasteiger partial charge in [-0.25, -0.2) is 0 Å². The lowest BCUT2D eigenvalue weighted by Gasteiger charge is -2.38. The van der Waals surface area contributed by atoms with Gasteiger partial charge in [-0.2, -0.15) is 0 Å². The number of hydrogen-bond acceptors (Lipinski definition) is 4. The highest BCUT2D eigenvalue weighted by molar-refractivity contribution is 5.77. The van der Waals surface area contributed by atoms with E-state index in [0.29, 0.717) is 36.5 Å². The zero-order chi connectivity index (χ0) is 23.1. The van der Waals surface area contributed by atoms with Gasteiger partial charge >= 0.3 is 0 Å². The molecule has 1 heterocycles. The van der Waals surface area contributed by atoms with Crippen LogP contribution in [-0.2, 0) is 9.59 Å². The number of nitrogens with zero attached hydrogens (tertiary/aromatic N) is 2. The number of carbonyl (C=O) groups is 2. The van der Waals surface area contributed by atoms with Crippen LogP contribution in [0, 0.1) is 23.7 Å². The van der Waals surface area contributed by atoms with E-state index in [0.717, 1.165) is 32.6 Å². The Morgan fingerprint density at radius 1 is 1.12 bits per heavy atom. The Morgan fingerprint density at radius 2 is 1.81 bits per heavy atom. The SMILES string of the molecule is CC1=C[C@@H](CNC(=O)COc2ccccc2)[C@H](C(C)C)C[C@H]1CC(=O)N1CCN(C)CC1. The minimum atomic E-state index is -0.102. The van der Waals surface area contributed by atoms with Gasteiger partial charge in [0.05, 0.1) is 0 Å². The maximum Gasteiger partial charge on any atom is 0.257 e. The van der Waals surface area contributed by atoms with E-state index in [1.54, 1.807) is 0 Å². The maximum atomic E-state index is 12.9. The van der Waals surface area contributed by atoms with Gasteiger partial charge in [-0.05, 0) is 56.2 Å². The molecule has 6 nitrogen and oxygen atoms in total. The second-order valence-electron chi connectivity index (χ2n) is 9.71. The third-order valence-corrected chi connectivity index (χ3v) is 7.01. The molecule has 3 rings (SSSR count). The lowest BCUT2D eigenvalue weighted by atomic mass is 9.69. The first-order valence-corrected chi connectivity index (χ1v) is 11.9. The molecular formula is C26H39N3O3. The molecule has 1 aromatic rings. The third-order valence-electron chi connectivity index (χ3n) is 7.01. The summed E-state index contributed by atoms with van der Waals surface area (Å²) < 4.78 is 5.56. The molecule has 1 aliphatic carbocycles. The quantitative estimate of drug-likeness (QED) is 0.630. The zero-order valence-corrected chi connectivity index (χ0v) is 20.0. The number of nitrogens with one attached hydrogen (secondary N) is 1. The van der Waals surface area contributed by atoms with Gasteiger partial charge < -0.3 is 19.9 Å². The Morgan fingerprint density at radius 3 is 2.47 bits per heavy atom. The van der Waals surface area contributed by atoms with E-state index in [-0.39, 0.29) is 24.3 Å². The van der Waals surface area contributed by atoms with Gasteiger partial charge in [0.2, 0.25) is 5.91 Å². The number of ether oxygens (including phenoxy) is 1. The third kappa shape index (κ3) is 6.83. The Bertz CT molecular complexity index is 785. The van der Waals surface area contributed by atoms with Crippen molar-refractivity contribution in [3.05, 3.63) is 42.0 Å². The monoisotopic (exact) mass is 441 g/mol. The molecule has 2 aliphatic rings. The van der Waals surface area contributed by atoms with E-state index in [2.05, 4.69) is 44.1 Å². The van der Waals surface area contributed by atoms with Crippen molar-refractivity contribution in [2.75, 3.05) is 46.4 Å². The highest BCUT2D eigenvalue weighted by atomic mass is 16.5. The second-order valence-corrected chi connectivity index (χ2v) is 9.71. The summed E-state index contributed by atoms with van der Waals surface area (Å²) >= 11 is 0. The topological polar surface area (TPSA) is 61.9 Å². The molecule has 0 unspecified atom stereocenters. The van der Waals surface area contributed by atoms with Crippen LogP contribution in [0.5, 0.6) is 5.75 Å². The fraction of sp³-hybridized carbons (Fsp3) is 0.615. The number of para-hydroxylation sites is 1. The molecule has 1 N–H and O–H groups in total. The van der Waals surface area contributed by atoms with Crippen LogP contribution in [0.3, 0.4) is 0 Å². The van der Waals surface area contributed by atoms with Gasteiger partial charge in [0.15, 0.2) is 6.61 Å². The van der Waals surface area contributed by atoms with Crippen LogP contribution >= 0.6 is 0 Å². The van der Waals surface area contributed by atoms with Crippen LogP contribution in [0.2, 0.25) is 0 Å². The van der Waals surface area contributed by atoms with Crippen LogP contribution in [-0.4, -0.2) is 68.0 Å². The number of amides is 2. The van der Waals surface area contributed by atoms with E-state index in [9.17, 15) is 9.59 Å². The molecule has 1 aliphatic heterocycles. The summed E-state index contributed by atoms with van der Waals surface area (Å²) in [5.41, 5.74) is 1.28. The van der Waals surface area contributed by atoms with Crippen molar-refractivity contribution in [1.82, 2.24) is 15.1 Å². The average Bonchev–Trinajstić information content (AvgIpc) is 2.78. The molecule has 1 aromatic carbocycles. The van der Waals surface area contributed by atoms with Crippen LogP contribution in [0.25, 0.3) is 0 Å². The number of likely N-dealkylation sites (N-methyl/N-ethyl adjacent to an activating group) is 1. The molecule has 0 aromatic heterocycles. The van der Waals surface area contributed by atoms with Crippen molar-refractivity contribution in [2.24, 2.45) is 23.7 Å². The standard InChI is InChI=1S/C26H39N3O3/c1-19(2)24-15-21(16-26(31)29-12-10-28(4)11-13-29)20(3)14-22(24)17-27-25(30)18-32-23-8-6-5-7-9-23/h5-9,14,19,21-22,24H,10-13,15-18H2,1-4H3,(H,27,30)/t21-,22-,24-/m0/s1. The first kappa shape index (κ1) is 24.3. The number of allylic oxidation sites excluding steroid dienone is 1. The van der Waals surface area contributed by atoms with E-state index < -0.39 is 0 Å². The molecule has 2 amide bonds. The van der Waals surface area contributed by atoms with Gasteiger partial charge in [0, 0.05) is 39.1 Å². The maximum absolute atomic E-state index is 12.9. The fourth-order valence-electron chi connectivity index (χ4n) is 4.85. The summed E-state index contributed by atoms with van der Waals surface area (Å²) in [6.45, 7) is 10.8. The van der Waals surface area contributed by atoms with Gasteiger partial charge in [-0.1, -0.05) is 43.7 Å². The van der Waals surface area contributed by atoms with Crippen LogP contribution in [0.1, 0.15) is 33.6 Å². The summed E-state index contributed by atoms with van der Waals surface area (Å²) in [5, 5.41) is 3.05. The Kier molecular flexibility index (Phi) is 8.74. The van der Waals surface area contributed by atoms with E-state index >= 15 is 0 Å². The zero-order valence-electron chi connectivity index (χ0n) is 20.0. The summed E-state index contributed by atoms with van der Waals surface area (Å²) in [6.07, 6.45) is 3.90. The molecule has 6 heteroatoms. The minimum Gasteiger partial charge on any atom is -0.484 e. The smallest absolute Gasteiger partial charge is 0.257 e. The van der Waals surface area contributed by atoms with Gasteiger partial charge in [0.1, 0.15) is 5.75 Å². The highest BCUT2D eigenvalue weighted by Gasteiger charge is 2.33. The van der Waals surface area contributed by atoms with Gasteiger partial charge in [0.25, 0.3) is 5.91 Å². The largest absolute Gasteiger partial charge is 0.484 e. The Labute approximate surface area is 193 Å². The van der Waals surface area contributed by atoms with Gasteiger partial charge in [-0.15, -0.1) is 0 Å². The molecular weight excluding hydrogens is 402 g/mol. The molecule has 176 valence electrons. The predicted molar refractivity (Wildman–Crippen MR) is 127 cm³/mol. The first-order valence-electron chi connectivity index (χ1n) is 11.9. The van der Waals surface area contributed by atoms with Crippen molar-refractivity contribution in [3.8, 4) is 5.75 Å². The van der Waals surface area contributed by atoms with Crippen LogP contribution in [0.15, 0.2) is 42.0 Å². The minimum absolute atomic E-state index is 0.0218. The summed E-state index contributed by atoms with van der Waals surface area (Å²) in [7, 11) is 2.11. The molecule has 0 radical (unpaired) electrons. The van der Waals surface area contributed by atoms with E-state index in [1.165, 1.54) is 5.57 Å². The number of carbonyl (C=O) groups excluding carboxylic acids is 2. The first-order chi connectivity index (χ1) is 15.3. The number of rotatable bonds is 8. The average molecular weight is 442 g/mol. The number of hydrogen-bond donors (Lipinski definition) is 1. The lowest BCUT2D eigenvalue weighted by Crippen LogP contribution is -2.47. The van der Waals surface area contributed by atoms with Crippen molar-refractivity contribution in [2.45, 2.75) is 33.6 Å². The Balaban J connectivity index is 1.53. The number of benzene rings is 1. The molecule has 3 atom stereocenters. The molecule has 0 bridgehead atoms. The molecule has 0 spiro atoms. The fourth-order valence-corrected chi connectivity index (χ4v) is 4.85. The van der Waals surface area contributed by atoms with Crippen LogP contribution < -0.4 is 10.1 Å². The molecule has 32 heavy (non-hydrogen) atoms. The molecule has 1 saturated heterocycles. The van der Waals surface area contributed by atoms with Crippen molar-refractivity contribution in [1.29, 1.82) is 0 Å². The van der Waals surface area contributed by atoms with Crippen molar-refractivity contribution in [3.63, 3.8) is 0 Å². The van der Waals surface area contributed by atoms with Crippen LogP contribution in [0.4, 0.5) is 0 Å². The van der Waals surface area contributed by atoms with Gasteiger partial charge in [-0.3, -0.25) is 9.59 Å². The van der Waals surface area contributed by atoms with E-state index in [1.807, 2.05) is 35.2 Å².